The lowest BCUT2D eigenvalue weighted by molar-refractivity contribution is 0.483. The summed E-state index contributed by atoms with van der Waals surface area (Å²) in [5, 5.41) is 9.54. The molecule has 0 saturated carbocycles. The number of aryl methyl sites for hydroxylation is 1. The average Bonchev–Trinajstić information content (AvgIpc) is 2.72. The Morgan fingerprint density at radius 3 is 2.48 bits per heavy atom. The number of nitrogens with two attached hydrogens (primary N) is 1. The van der Waals surface area contributed by atoms with E-state index in [1.54, 1.807) is 36.5 Å². The van der Waals surface area contributed by atoms with Gasteiger partial charge in [0.1, 0.15) is 17.2 Å². The summed E-state index contributed by atoms with van der Waals surface area (Å²) in [6.45, 7) is 1.81. The number of hydrogen-bond donors (Lipinski definition) is 2. The molecule has 4 aromatic rings. The maximum atomic E-state index is 13.3. The highest BCUT2D eigenvalue weighted by molar-refractivity contribution is 7.85. The first kappa shape index (κ1) is 20.6. The number of pyridine rings is 1. The summed E-state index contributed by atoms with van der Waals surface area (Å²) in [5.41, 5.74) is 9.52. The lowest BCUT2D eigenvalue weighted by Gasteiger charge is -2.07. The summed E-state index contributed by atoms with van der Waals surface area (Å²) in [6, 6.07) is 15.3. The number of anilines is 1. The van der Waals surface area contributed by atoms with E-state index < -0.39 is 10.1 Å². The van der Waals surface area contributed by atoms with Crippen molar-refractivity contribution < 1.29 is 17.4 Å². The van der Waals surface area contributed by atoms with E-state index in [0.29, 0.717) is 33.5 Å². The molecule has 0 radical (unpaired) electrons. The first-order valence-electron chi connectivity index (χ1n) is 9.16. The molecule has 0 atom stereocenters. The molecule has 0 bridgehead atoms. The molecule has 4 rings (SSSR count). The van der Waals surface area contributed by atoms with Crippen LogP contribution in [0.4, 0.5) is 21.5 Å². The van der Waals surface area contributed by atoms with Gasteiger partial charge in [0.2, 0.25) is 0 Å². The van der Waals surface area contributed by atoms with Crippen LogP contribution in [0, 0.1) is 12.7 Å². The van der Waals surface area contributed by atoms with Crippen molar-refractivity contribution in [3.63, 3.8) is 0 Å². The van der Waals surface area contributed by atoms with Crippen LogP contribution >= 0.6 is 0 Å². The number of rotatable bonds is 4. The Bertz CT molecular complexity index is 1440. The van der Waals surface area contributed by atoms with Crippen LogP contribution in [0.2, 0.25) is 0 Å². The molecule has 0 fully saturated rings. The van der Waals surface area contributed by atoms with Crippen LogP contribution in [0.15, 0.2) is 82.0 Å². The van der Waals surface area contributed by atoms with Gasteiger partial charge in [-0.15, -0.1) is 10.2 Å². The van der Waals surface area contributed by atoms with Crippen molar-refractivity contribution in [1.82, 2.24) is 4.98 Å². The van der Waals surface area contributed by atoms with Crippen LogP contribution in [-0.2, 0) is 10.1 Å². The Hall–Kier alpha value is -3.69. The van der Waals surface area contributed by atoms with E-state index in [1.807, 2.05) is 6.92 Å². The molecule has 7 nitrogen and oxygen atoms in total. The zero-order chi connectivity index (χ0) is 22.2. The molecule has 0 aliphatic heterocycles. The predicted octanol–water partition coefficient (Wildman–Crippen LogP) is 5.59. The van der Waals surface area contributed by atoms with Crippen LogP contribution in [0.25, 0.3) is 22.0 Å². The highest BCUT2D eigenvalue weighted by Crippen LogP contribution is 2.34. The van der Waals surface area contributed by atoms with Crippen molar-refractivity contribution in [2.75, 3.05) is 5.73 Å². The normalized spacial score (nSPS) is 12.0. The van der Waals surface area contributed by atoms with Gasteiger partial charge in [-0.25, -0.2) is 4.39 Å². The largest absolute Gasteiger partial charge is 0.397 e. The number of halogens is 1. The van der Waals surface area contributed by atoms with E-state index in [0.717, 1.165) is 11.1 Å². The average molecular weight is 436 g/mol. The molecule has 31 heavy (non-hydrogen) atoms. The van der Waals surface area contributed by atoms with Gasteiger partial charge in [-0.3, -0.25) is 9.54 Å². The van der Waals surface area contributed by atoms with Gasteiger partial charge in [0, 0.05) is 10.9 Å². The van der Waals surface area contributed by atoms with E-state index in [9.17, 15) is 17.4 Å². The van der Waals surface area contributed by atoms with Gasteiger partial charge in [-0.1, -0.05) is 12.1 Å². The van der Waals surface area contributed by atoms with E-state index in [4.69, 9.17) is 5.73 Å². The van der Waals surface area contributed by atoms with Gasteiger partial charge in [-0.2, -0.15) is 8.42 Å². The number of nitrogens with zero attached hydrogens (tertiary/aromatic N) is 3. The van der Waals surface area contributed by atoms with Gasteiger partial charge in [0.15, 0.2) is 0 Å². The van der Waals surface area contributed by atoms with Crippen LogP contribution in [0.1, 0.15) is 5.56 Å². The van der Waals surface area contributed by atoms with Crippen molar-refractivity contribution in [2.24, 2.45) is 10.2 Å². The molecular weight excluding hydrogens is 419 g/mol. The van der Waals surface area contributed by atoms with E-state index in [1.165, 1.54) is 30.3 Å². The molecule has 0 aliphatic rings. The van der Waals surface area contributed by atoms with Crippen LogP contribution in [0.5, 0.6) is 0 Å². The topological polar surface area (TPSA) is 118 Å². The van der Waals surface area contributed by atoms with E-state index in [-0.39, 0.29) is 10.7 Å². The molecule has 0 aliphatic carbocycles. The number of hydrogen-bond acceptors (Lipinski definition) is 6. The highest BCUT2D eigenvalue weighted by Gasteiger charge is 2.12. The Labute approximate surface area is 177 Å². The van der Waals surface area contributed by atoms with Crippen molar-refractivity contribution in [3.8, 4) is 11.3 Å². The van der Waals surface area contributed by atoms with Crippen molar-refractivity contribution >= 4 is 38.0 Å². The minimum Gasteiger partial charge on any atom is -0.397 e. The van der Waals surface area contributed by atoms with Crippen molar-refractivity contribution in [3.05, 3.63) is 78.2 Å². The first-order chi connectivity index (χ1) is 14.7. The molecule has 1 heterocycles. The summed E-state index contributed by atoms with van der Waals surface area (Å²) >= 11 is 0. The third-order valence-corrected chi connectivity index (χ3v) is 5.62. The molecule has 3 N–H and O–H groups in total. The minimum atomic E-state index is -4.32. The standard InChI is InChI=1S/C22H17FN4O3S/c1-13-10-15(23)3-6-18(13)21-9-4-16(12-25-21)26-27-22-19-7-5-17(31(28,29)30)11-14(19)2-8-20(22)24/h2-12H,24H2,1H3,(H,28,29,30). The molecule has 3 aromatic carbocycles. The minimum absolute atomic E-state index is 0.219. The summed E-state index contributed by atoms with van der Waals surface area (Å²) in [4.78, 5) is 4.15. The monoisotopic (exact) mass is 436 g/mol. The molecule has 0 unspecified atom stereocenters. The number of nitrogen functional groups attached to an aromatic ring is 1. The highest BCUT2D eigenvalue weighted by atomic mass is 32.2. The molecule has 1 aromatic heterocycles. The third kappa shape index (κ3) is 4.27. The van der Waals surface area contributed by atoms with Gasteiger partial charge < -0.3 is 5.73 Å². The second-order valence-electron chi connectivity index (χ2n) is 6.92. The predicted molar refractivity (Wildman–Crippen MR) is 117 cm³/mol. The first-order valence-corrected chi connectivity index (χ1v) is 10.6. The molecule has 9 heteroatoms. The van der Waals surface area contributed by atoms with Crippen LogP contribution < -0.4 is 5.73 Å². The fraction of sp³-hybridized carbons (Fsp3) is 0.0455. The van der Waals surface area contributed by atoms with Gasteiger partial charge in [-0.05, 0) is 66.4 Å². The maximum Gasteiger partial charge on any atom is 0.294 e. The Morgan fingerprint density at radius 2 is 1.81 bits per heavy atom. The SMILES string of the molecule is Cc1cc(F)ccc1-c1ccc(N=Nc2c(N)ccc3cc(S(=O)(=O)O)ccc23)cn1. The maximum absolute atomic E-state index is 13.3. The van der Waals surface area contributed by atoms with E-state index in [2.05, 4.69) is 15.2 Å². The molecule has 156 valence electrons. The number of aromatic nitrogens is 1. The molecule has 0 saturated heterocycles. The fourth-order valence-corrected chi connectivity index (χ4v) is 3.72. The summed E-state index contributed by atoms with van der Waals surface area (Å²) in [7, 11) is -4.32. The summed E-state index contributed by atoms with van der Waals surface area (Å²) < 4.78 is 45.3. The fourth-order valence-electron chi connectivity index (χ4n) is 3.21. The molecule has 0 amide bonds. The van der Waals surface area contributed by atoms with Gasteiger partial charge in [0.05, 0.1) is 22.5 Å². The van der Waals surface area contributed by atoms with Gasteiger partial charge in [0.25, 0.3) is 10.1 Å². The van der Waals surface area contributed by atoms with Crippen LogP contribution in [-0.4, -0.2) is 18.0 Å². The van der Waals surface area contributed by atoms with Crippen molar-refractivity contribution in [1.29, 1.82) is 0 Å². The lowest BCUT2D eigenvalue weighted by atomic mass is 10.1. The summed E-state index contributed by atoms with van der Waals surface area (Å²) in [5.74, 6) is -0.303. The second kappa shape index (κ2) is 7.86. The second-order valence-corrected chi connectivity index (χ2v) is 8.34. The quantitative estimate of drug-likeness (QED) is 0.245. The number of azo groups is 1. The van der Waals surface area contributed by atoms with E-state index >= 15 is 0 Å². The molecular formula is C22H17FN4O3S. The Morgan fingerprint density at radius 1 is 1.00 bits per heavy atom. The zero-order valence-electron chi connectivity index (χ0n) is 16.3. The summed E-state index contributed by atoms with van der Waals surface area (Å²) in [6.07, 6.45) is 1.54. The third-order valence-electron chi connectivity index (χ3n) is 4.77. The Kier molecular flexibility index (Phi) is 5.22. The number of benzene rings is 3. The van der Waals surface area contributed by atoms with Crippen LogP contribution in [0.3, 0.4) is 0 Å². The molecule has 0 spiro atoms. The lowest BCUT2D eigenvalue weighted by Crippen LogP contribution is -1.97. The van der Waals surface area contributed by atoms with Gasteiger partial charge >= 0.3 is 0 Å². The van der Waals surface area contributed by atoms with Crippen molar-refractivity contribution in [2.45, 2.75) is 11.8 Å². The smallest absolute Gasteiger partial charge is 0.294 e. The Balaban J connectivity index is 1.67. The number of fused-ring (bicyclic) bond motifs is 1. The zero-order valence-corrected chi connectivity index (χ0v) is 17.1.